The molecule has 1 atom stereocenters. The van der Waals surface area contributed by atoms with E-state index in [-0.39, 0.29) is 29.9 Å². The van der Waals surface area contributed by atoms with Gasteiger partial charge in [-0.05, 0) is 36.6 Å². The molecule has 2 N–H and O–H groups in total. The van der Waals surface area contributed by atoms with E-state index < -0.39 is 0 Å². The number of carbonyl (C=O) groups is 1. The van der Waals surface area contributed by atoms with E-state index in [2.05, 4.69) is 22.4 Å². The van der Waals surface area contributed by atoms with Crippen molar-refractivity contribution >= 4 is 5.91 Å². The quantitative estimate of drug-likeness (QED) is 0.716. The van der Waals surface area contributed by atoms with E-state index in [1.165, 1.54) is 10.4 Å². The zero-order chi connectivity index (χ0) is 18.5. The highest BCUT2D eigenvalue weighted by atomic mass is 16.3. The standard InChI is InChI=1S/C20H22N4O2/c1-3-15-9-11-17(12-10-15)24-22-18(13-25)19(23-24)20(26)21-14(2)16-7-5-4-6-8-16/h4-12,14,25H,3,13H2,1-2H3,(H,21,26)/t14-/m1/s1. The largest absolute Gasteiger partial charge is 0.390 e. The van der Waals surface area contributed by atoms with Crippen LogP contribution in [0.5, 0.6) is 0 Å². The zero-order valence-electron chi connectivity index (χ0n) is 14.9. The van der Waals surface area contributed by atoms with Gasteiger partial charge in [0.2, 0.25) is 0 Å². The zero-order valence-corrected chi connectivity index (χ0v) is 14.9. The molecule has 2 aromatic carbocycles. The van der Waals surface area contributed by atoms with Crippen molar-refractivity contribution in [2.75, 3.05) is 0 Å². The minimum Gasteiger partial charge on any atom is -0.390 e. The van der Waals surface area contributed by atoms with Crippen LogP contribution in [0, 0.1) is 0 Å². The Labute approximate surface area is 152 Å². The molecule has 0 spiro atoms. The maximum absolute atomic E-state index is 12.6. The third-order valence-corrected chi connectivity index (χ3v) is 4.27. The topological polar surface area (TPSA) is 80.0 Å². The highest BCUT2D eigenvalue weighted by molar-refractivity contribution is 5.93. The number of aromatic nitrogens is 3. The van der Waals surface area contributed by atoms with Crippen molar-refractivity contribution in [3.63, 3.8) is 0 Å². The summed E-state index contributed by atoms with van der Waals surface area (Å²) in [5.74, 6) is -0.359. The van der Waals surface area contributed by atoms with Gasteiger partial charge in [-0.15, -0.1) is 10.2 Å². The molecular weight excluding hydrogens is 328 g/mol. The Kier molecular flexibility index (Phi) is 5.43. The van der Waals surface area contributed by atoms with Crippen molar-refractivity contribution < 1.29 is 9.90 Å². The van der Waals surface area contributed by atoms with Gasteiger partial charge in [-0.3, -0.25) is 4.79 Å². The van der Waals surface area contributed by atoms with E-state index in [0.717, 1.165) is 17.7 Å². The van der Waals surface area contributed by atoms with Crippen molar-refractivity contribution in [3.8, 4) is 5.69 Å². The smallest absolute Gasteiger partial charge is 0.274 e. The second-order valence-corrected chi connectivity index (χ2v) is 6.07. The summed E-state index contributed by atoms with van der Waals surface area (Å²) in [6.45, 7) is 3.64. The van der Waals surface area contributed by atoms with E-state index >= 15 is 0 Å². The van der Waals surface area contributed by atoms with Crippen LogP contribution >= 0.6 is 0 Å². The Morgan fingerprint density at radius 2 is 1.81 bits per heavy atom. The van der Waals surface area contributed by atoms with Crippen LogP contribution in [-0.4, -0.2) is 26.0 Å². The number of nitrogens with zero attached hydrogens (tertiary/aromatic N) is 3. The molecule has 0 aliphatic heterocycles. The molecule has 1 aromatic heterocycles. The normalized spacial score (nSPS) is 12.0. The first kappa shape index (κ1) is 17.8. The lowest BCUT2D eigenvalue weighted by molar-refractivity contribution is 0.0931. The molecule has 134 valence electrons. The molecule has 1 heterocycles. The molecular formula is C20H22N4O2. The molecule has 1 amide bonds. The second kappa shape index (κ2) is 7.93. The first-order valence-electron chi connectivity index (χ1n) is 8.64. The number of amides is 1. The minimum atomic E-state index is -0.359. The lowest BCUT2D eigenvalue weighted by Crippen LogP contribution is -2.28. The van der Waals surface area contributed by atoms with E-state index in [4.69, 9.17) is 0 Å². The molecule has 0 bridgehead atoms. The SMILES string of the molecule is CCc1ccc(-n2nc(CO)c(C(=O)N[C@H](C)c3ccccc3)n2)cc1. The van der Waals surface area contributed by atoms with Gasteiger partial charge in [0.05, 0.1) is 18.3 Å². The van der Waals surface area contributed by atoms with Gasteiger partial charge >= 0.3 is 0 Å². The fourth-order valence-electron chi connectivity index (χ4n) is 2.69. The van der Waals surface area contributed by atoms with Crippen LogP contribution in [0.3, 0.4) is 0 Å². The number of aliphatic hydroxyl groups excluding tert-OH is 1. The summed E-state index contributed by atoms with van der Waals surface area (Å²) >= 11 is 0. The van der Waals surface area contributed by atoms with E-state index in [1.807, 2.05) is 61.5 Å². The molecule has 0 aliphatic rings. The summed E-state index contributed by atoms with van der Waals surface area (Å²) in [7, 11) is 0. The van der Waals surface area contributed by atoms with Gasteiger partial charge in [0.15, 0.2) is 5.69 Å². The Morgan fingerprint density at radius 1 is 1.12 bits per heavy atom. The van der Waals surface area contributed by atoms with Crippen LogP contribution < -0.4 is 5.32 Å². The Bertz CT molecular complexity index is 873. The number of benzene rings is 2. The summed E-state index contributed by atoms with van der Waals surface area (Å²) < 4.78 is 0. The number of nitrogens with one attached hydrogen (secondary N) is 1. The molecule has 3 aromatic rings. The fraction of sp³-hybridized carbons (Fsp3) is 0.250. The summed E-state index contributed by atoms with van der Waals surface area (Å²) in [4.78, 5) is 14.0. The summed E-state index contributed by atoms with van der Waals surface area (Å²) in [6.07, 6.45) is 0.944. The van der Waals surface area contributed by atoms with Crippen molar-refractivity contribution in [1.29, 1.82) is 0 Å². The maximum Gasteiger partial charge on any atom is 0.274 e. The molecule has 6 nitrogen and oxygen atoms in total. The van der Waals surface area contributed by atoms with Crippen LogP contribution in [0.4, 0.5) is 0 Å². The molecule has 3 rings (SSSR count). The average molecular weight is 350 g/mol. The van der Waals surface area contributed by atoms with Crippen molar-refractivity contribution in [2.24, 2.45) is 0 Å². The first-order chi connectivity index (χ1) is 12.6. The van der Waals surface area contributed by atoms with Gasteiger partial charge in [-0.2, -0.15) is 4.80 Å². The predicted molar refractivity (Wildman–Crippen MR) is 99.0 cm³/mol. The lowest BCUT2D eigenvalue weighted by Gasteiger charge is -2.13. The predicted octanol–water partition coefficient (Wildman–Crippen LogP) is 2.81. The second-order valence-electron chi connectivity index (χ2n) is 6.07. The van der Waals surface area contributed by atoms with Crippen LogP contribution in [0.15, 0.2) is 54.6 Å². The molecule has 6 heteroatoms. The lowest BCUT2D eigenvalue weighted by atomic mass is 10.1. The van der Waals surface area contributed by atoms with Crippen molar-refractivity contribution in [3.05, 3.63) is 77.1 Å². The number of aryl methyl sites for hydroxylation is 1. The third-order valence-electron chi connectivity index (χ3n) is 4.27. The number of carbonyl (C=O) groups excluding carboxylic acids is 1. The minimum absolute atomic E-state index is 0.134. The van der Waals surface area contributed by atoms with E-state index in [0.29, 0.717) is 0 Å². The number of rotatable bonds is 6. The molecule has 0 saturated carbocycles. The van der Waals surface area contributed by atoms with Crippen molar-refractivity contribution in [2.45, 2.75) is 32.9 Å². The molecule has 0 saturated heterocycles. The average Bonchev–Trinajstić information content (AvgIpc) is 3.13. The third kappa shape index (κ3) is 3.81. The highest BCUT2D eigenvalue weighted by Crippen LogP contribution is 2.15. The highest BCUT2D eigenvalue weighted by Gasteiger charge is 2.20. The monoisotopic (exact) mass is 350 g/mol. The van der Waals surface area contributed by atoms with Crippen molar-refractivity contribution in [1.82, 2.24) is 20.3 Å². The summed E-state index contributed by atoms with van der Waals surface area (Å²) in [6, 6.07) is 17.3. The molecule has 0 radical (unpaired) electrons. The Balaban J connectivity index is 1.82. The number of aliphatic hydroxyl groups is 1. The van der Waals surface area contributed by atoms with Gasteiger partial charge in [-0.1, -0.05) is 49.4 Å². The molecule has 26 heavy (non-hydrogen) atoms. The Morgan fingerprint density at radius 3 is 2.42 bits per heavy atom. The molecule has 0 aliphatic carbocycles. The molecule has 0 fully saturated rings. The fourth-order valence-corrected chi connectivity index (χ4v) is 2.69. The van der Waals surface area contributed by atoms with E-state index in [1.54, 1.807) is 0 Å². The first-order valence-corrected chi connectivity index (χ1v) is 8.64. The summed E-state index contributed by atoms with van der Waals surface area (Å²) in [5.41, 5.74) is 3.33. The maximum atomic E-state index is 12.6. The number of hydrogen-bond acceptors (Lipinski definition) is 4. The van der Waals surface area contributed by atoms with Gasteiger partial charge in [0.25, 0.3) is 5.91 Å². The summed E-state index contributed by atoms with van der Waals surface area (Å²) in [5, 5.41) is 21.0. The van der Waals surface area contributed by atoms with Crippen LogP contribution in [0.1, 0.15) is 47.2 Å². The van der Waals surface area contributed by atoms with Gasteiger partial charge in [0, 0.05) is 0 Å². The van der Waals surface area contributed by atoms with Crippen LogP contribution in [-0.2, 0) is 13.0 Å². The van der Waals surface area contributed by atoms with Gasteiger partial charge in [0.1, 0.15) is 5.69 Å². The Hall–Kier alpha value is -2.99. The number of hydrogen-bond donors (Lipinski definition) is 2. The van der Waals surface area contributed by atoms with Gasteiger partial charge in [-0.25, -0.2) is 0 Å². The molecule has 0 unspecified atom stereocenters. The van der Waals surface area contributed by atoms with E-state index in [9.17, 15) is 9.90 Å². The van der Waals surface area contributed by atoms with Crippen LogP contribution in [0.25, 0.3) is 5.69 Å². The van der Waals surface area contributed by atoms with Gasteiger partial charge < -0.3 is 10.4 Å². The van der Waals surface area contributed by atoms with Crippen LogP contribution in [0.2, 0.25) is 0 Å².